The highest BCUT2D eigenvalue weighted by atomic mass is 19.1. The summed E-state index contributed by atoms with van der Waals surface area (Å²) in [6.07, 6.45) is 5.03. The first-order chi connectivity index (χ1) is 9.22. The van der Waals surface area contributed by atoms with Crippen LogP contribution >= 0.6 is 0 Å². The summed E-state index contributed by atoms with van der Waals surface area (Å²) in [4.78, 5) is 2.35. The van der Waals surface area contributed by atoms with Gasteiger partial charge >= 0.3 is 0 Å². The van der Waals surface area contributed by atoms with Crippen molar-refractivity contribution in [1.29, 1.82) is 0 Å². The number of benzene rings is 1. The molecule has 3 heteroatoms. The van der Waals surface area contributed by atoms with Gasteiger partial charge in [-0.2, -0.15) is 0 Å². The van der Waals surface area contributed by atoms with E-state index >= 15 is 0 Å². The van der Waals surface area contributed by atoms with Gasteiger partial charge in [-0.25, -0.2) is 4.39 Å². The van der Waals surface area contributed by atoms with Gasteiger partial charge in [-0.15, -0.1) is 0 Å². The number of hydrogen-bond donors (Lipinski definition) is 1. The molecule has 106 valence electrons. The summed E-state index contributed by atoms with van der Waals surface area (Å²) in [7, 11) is 1.89. The molecule has 0 aliphatic carbocycles. The van der Waals surface area contributed by atoms with Crippen molar-refractivity contribution in [2.75, 3.05) is 25.0 Å². The predicted molar refractivity (Wildman–Crippen MR) is 79.0 cm³/mol. The van der Waals surface area contributed by atoms with E-state index in [4.69, 9.17) is 0 Å². The Morgan fingerprint density at radius 3 is 2.84 bits per heavy atom. The number of halogens is 1. The van der Waals surface area contributed by atoms with Gasteiger partial charge in [-0.3, -0.25) is 0 Å². The lowest BCUT2D eigenvalue weighted by Crippen LogP contribution is -2.24. The first kappa shape index (κ1) is 14.3. The minimum absolute atomic E-state index is 0.126. The van der Waals surface area contributed by atoms with Gasteiger partial charge in [0.25, 0.3) is 0 Å². The molecule has 1 unspecified atom stereocenters. The van der Waals surface area contributed by atoms with E-state index < -0.39 is 0 Å². The molecule has 0 aromatic heterocycles. The molecular weight excluding hydrogens is 239 g/mol. The molecule has 1 fully saturated rings. The Morgan fingerprint density at radius 2 is 2.11 bits per heavy atom. The quantitative estimate of drug-likeness (QED) is 0.894. The van der Waals surface area contributed by atoms with Gasteiger partial charge in [0.2, 0.25) is 0 Å². The molecule has 19 heavy (non-hydrogen) atoms. The highest BCUT2D eigenvalue weighted by Gasteiger charge is 2.16. The van der Waals surface area contributed by atoms with Crippen LogP contribution in [0.25, 0.3) is 0 Å². The molecule has 0 spiro atoms. The fraction of sp³-hybridized carbons (Fsp3) is 0.625. The Labute approximate surface area is 116 Å². The van der Waals surface area contributed by atoms with Crippen molar-refractivity contribution in [3.05, 3.63) is 29.6 Å². The number of rotatable bonds is 4. The number of hydrogen-bond acceptors (Lipinski definition) is 2. The van der Waals surface area contributed by atoms with E-state index in [1.807, 2.05) is 7.05 Å². The van der Waals surface area contributed by atoms with Gasteiger partial charge in [0.05, 0.1) is 0 Å². The lowest BCUT2D eigenvalue weighted by Gasteiger charge is -2.23. The molecule has 1 aliphatic rings. The van der Waals surface area contributed by atoms with Crippen LogP contribution in [0.2, 0.25) is 0 Å². The third-order valence-corrected chi connectivity index (χ3v) is 4.11. The van der Waals surface area contributed by atoms with Gasteiger partial charge in [0.15, 0.2) is 0 Å². The highest BCUT2D eigenvalue weighted by molar-refractivity contribution is 5.49. The molecule has 1 aromatic rings. The Kier molecular flexibility index (Phi) is 5.20. The predicted octanol–water partition coefficient (Wildman–Crippen LogP) is 3.56. The second-order valence-electron chi connectivity index (χ2n) is 5.54. The Morgan fingerprint density at radius 1 is 1.26 bits per heavy atom. The maximum atomic E-state index is 13.7. The first-order valence-electron chi connectivity index (χ1n) is 7.42. The molecule has 2 nitrogen and oxygen atoms in total. The Bertz CT molecular complexity index is 406. The summed E-state index contributed by atoms with van der Waals surface area (Å²) in [5.41, 5.74) is 2.07. The summed E-state index contributed by atoms with van der Waals surface area (Å²) in [5.74, 6) is 0.717. The van der Waals surface area contributed by atoms with E-state index in [0.717, 1.165) is 36.8 Å². The summed E-state index contributed by atoms with van der Waals surface area (Å²) in [6, 6.07) is 5.41. The fourth-order valence-electron chi connectivity index (χ4n) is 2.95. The number of anilines is 1. The lowest BCUT2D eigenvalue weighted by atomic mass is 9.98. The normalized spacial score (nSPS) is 20.4. The van der Waals surface area contributed by atoms with Crippen molar-refractivity contribution < 1.29 is 4.39 Å². The zero-order valence-electron chi connectivity index (χ0n) is 12.1. The van der Waals surface area contributed by atoms with Gasteiger partial charge in [0.1, 0.15) is 5.82 Å². The van der Waals surface area contributed by atoms with Crippen LogP contribution in [0.5, 0.6) is 0 Å². The van der Waals surface area contributed by atoms with Gasteiger partial charge in [-0.1, -0.05) is 13.3 Å². The van der Waals surface area contributed by atoms with Crippen LogP contribution in [0.4, 0.5) is 10.1 Å². The van der Waals surface area contributed by atoms with Crippen LogP contribution in [0, 0.1) is 11.7 Å². The maximum Gasteiger partial charge on any atom is 0.125 e. The lowest BCUT2D eigenvalue weighted by molar-refractivity contribution is 0.459. The van der Waals surface area contributed by atoms with Crippen molar-refractivity contribution in [3.8, 4) is 0 Å². The average molecular weight is 264 g/mol. The molecule has 0 radical (unpaired) electrons. The van der Waals surface area contributed by atoms with E-state index in [1.165, 1.54) is 25.7 Å². The zero-order chi connectivity index (χ0) is 13.7. The molecule has 1 heterocycles. The zero-order valence-corrected chi connectivity index (χ0v) is 12.1. The number of nitrogens with one attached hydrogen (secondary N) is 1. The van der Waals surface area contributed by atoms with Crippen LogP contribution in [-0.2, 0) is 6.54 Å². The van der Waals surface area contributed by atoms with Crippen molar-refractivity contribution in [2.24, 2.45) is 5.92 Å². The van der Waals surface area contributed by atoms with Crippen LogP contribution < -0.4 is 10.2 Å². The molecule has 0 bridgehead atoms. The first-order valence-corrected chi connectivity index (χ1v) is 7.42. The third kappa shape index (κ3) is 3.93. The van der Waals surface area contributed by atoms with Crippen molar-refractivity contribution in [2.45, 2.75) is 39.2 Å². The summed E-state index contributed by atoms with van der Waals surface area (Å²) >= 11 is 0. The topological polar surface area (TPSA) is 15.3 Å². The van der Waals surface area contributed by atoms with E-state index in [1.54, 1.807) is 12.1 Å². The molecule has 1 atom stereocenters. The van der Waals surface area contributed by atoms with Crippen LogP contribution in [0.1, 0.15) is 38.2 Å². The van der Waals surface area contributed by atoms with Crippen LogP contribution in [-0.4, -0.2) is 20.1 Å². The van der Waals surface area contributed by atoms with Crippen LogP contribution in [0.3, 0.4) is 0 Å². The number of nitrogens with zero attached hydrogens (tertiary/aromatic N) is 1. The highest BCUT2D eigenvalue weighted by Crippen LogP contribution is 2.25. The third-order valence-electron chi connectivity index (χ3n) is 4.11. The van der Waals surface area contributed by atoms with Crippen molar-refractivity contribution >= 4 is 5.69 Å². The Hall–Kier alpha value is -1.09. The van der Waals surface area contributed by atoms with Crippen LogP contribution in [0.15, 0.2) is 18.2 Å². The minimum Gasteiger partial charge on any atom is -0.371 e. The maximum absolute atomic E-state index is 13.7. The fourth-order valence-corrected chi connectivity index (χ4v) is 2.95. The molecule has 0 saturated carbocycles. The van der Waals surface area contributed by atoms with E-state index in [2.05, 4.69) is 23.2 Å². The smallest absolute Gasteiger partial charge is 0.125 e. The molecule has 1 saturated heterocycles. The van der Waals surface area contributed by atoms with Gasteiger partial charge in [-0.05, 0) is 56.0 Å². The van der Waals surface area contributed by atoms with E-state index in [-0.39, 0.29) is 5.82 Å². The molecule has 2 rings (SSSR count). The second-order valence-corrected chi connectivity index (χ2v) is 5.54. The molecular formula is C16H25FN2. The van der Waals surface area contributed by atoms with Gasteiger partial charge in [0, 0.05) is 25.3 Å². The molecule has 1 aliphatic heterocycles. The van der Waals surface area contributed by atoms with E-state index in [0.29, 0.717) is 0 Å². The van der Waals surface area contributed by atoms with Gasteiger partial charge < -0.3 is 10.2 Å². The summed E-state index contributed by atoms with van der Waals surface area (Å²) in [6.45, 7) is 5.10. The summed E-state index contributed by atoms with van der Waals surface area (Å²) < 4.78 is 13.7. The average Bonchev–Trinajstić information content (AvgIpc) is 2.63. The monoisotopic (exact) mass is 264 g/mol. The summed E-state index contributed by atoms with van der Waals surface area (Å²) in [5, 5.41) is 3.08. The second kappa shape index (κ2) is 6.90. The molecule has 1 N–H and O–H groups in total. The largest absolute Gasteiger partial charge is 0.371 e. The SMILES string of the molecule is CCC1CCCN(c2cc(F)cc(CNC)c2)CC1. The standard InChI is InChI=1S/C16H25FN2/c1-3-13-5-4-7-19(8-6-13)16-10-14(12-18-2)9-15(17)11-16/h9-11,13,18H,3-8,12H2,1-2H3. The Balaban J connectivity index is 2.12. The van der Waals surface area contributed by atoms with E-state index in [9.17, 15) is 4.39 Å². The molecule has 0 amide bonds. The van der Waals surface area contributed by atoms with Crippen molar-refractivity contribution in [3.63, 3.8) is 0 Å². The molecule has 1 aromatic carbocycles. The van der Waals surface area contributed by atoms with Crippen molar-refractivity contribution in [1.82, 2.24) is 5.32 Å². The minimum atomic E-state index is -0.126.